The fraction of sp³-hybridized carbons (Fsp3) is 0.706. The molecule has 2 bridgehead atoms. The van der Waals surface area contributed by atoms with Crippen LogP contribution in [0.25, 0.3) is 0 Å². The van der Waals surface area contributed by atoms with Gasteiger partial charge in [0.2, 0.25) is 0 Å². The number of Topliss-reactive ketones (excluding diaryl/α,β-unsaturated/α-hetero) is 1. The lowest BCUT2D eigenvalue weighted by molar-refractivity contribution is -0.212. The average molecular weight is 322 g/mol. The van der Waals surface area contributed by atoms with Crippen molar-refractivity contribution in [3.63, 3.8) is 0 Å². The minimum atomic E-state index is -1.90. The van der Waals surface area contributed by atoms with Crippen LogP contribution in [0, 0.1) is 0 Å². The topological polar surface area (TPSA) is 78.9 Å². The predicted octanol–water partition coefficient (Wildman–Crippen LogP) is 1.85. The Balaban J connectivity index is 2.14. The molecule has 3 aliphatic rings. The fourth-order valence-electron chi connectivity index (χ4n) is 3.78. The van der Waals surface area contributed by atoms with E-state index in [-0.39, 0.29) is 18.6 Å². The molecule has 0 radical (unpaired) electrons. The van der Waals surface area contributed by atoms with Gasteiger partial charge in [-0.3, -0.25) is 4.79 Å². The van der Waals surface area contributed by atoms with Crippen molar-refractivity contribution in [3.05, 3.63) is 11.6 Å². The highest BCUT2D eigenvalue weighted by atomic mass is 16.6. The van der Waals surface area contributed by atoms with E-state index >= 15 is 0 Å². The molecule has 3 atom stereocenters. The van der Waals surface area contributed by atoms with Gasteiger partial charge in [0.25, 0.3) is 5.60 Å². The Labute approximate surface area is 135 Å². The lowest BCUT2D eigenvalue weighted by Gasteiger charge is -2.40. The molecule has 0 N–H and O–H groups in total. The van der Waals surface area contributed by atoms with Crippen LogP contribution in [0.4, 0.5) is 0 Å². The van der Waals surface area contributed by atoms with Crippen molar-refractivity contribution in [1.82, 2.24) is 0 Å². The second-order valence-corrected chi connectivity index (χ2v) is 7.94. The third-order valence-corrected chi connectivity index (χ3v) is 4.64. The van der Waals surface area contributed by atoms with E-state index in [1.165, 1.54) is 0 Å². The number of esters is 2. The number of rotatable bonds is 1. The van der Waals surface area contributed by atoms with Gasteiger partial charge in [-0.1, -0.05) is 0 Å². The summed E-state index contributed by atoms with van der Waals surface area (Å²) in [6, 6.07) is 0. The Hall–Kier alpha value is -1.69. The summed E-state index contributed by atoms with van der Waals surface area (Å²) < 4.78 is 17.0. The lowest BCUT2D eigenvalue weighted by atomic mass is 9.78. The van der Waals surface area contributed by atoms with Gasteiger partial charge in [0.1, 0.15) is 5.60 Å². The van der Waals surface area contributed by atoms with Crippen LogP contribution in [-0.4, -0.2) is 40.1 Å². The van der Waals surface area contributed by atoms with Crippen LogP contribution in [0.15, 0.2) is 11.6 Å². The third-order valence-electron chi connectivity index (χ3n) is 4.64. The molecule has 126 valence electrons. The van der Waals surface area contributed by atoms with Crippen molar-refractivity contribution in [2.75, 3.05) is 0 Å². The number of fused-ring (bicyclic) bond motifs is 3. The molecule has 23 heavy (non-hydrogen) atoms. The average Bonchev–Trinajstić information content (AvgIpc) is 2.77. The fourth-order valence-corrected chi connectivity index (χ4v) is 3.78. The van der Waals surface area contributed by atoms with Crippen LogP contribution in [-0.2, 0) is 28.6 Å². The minimum Gasteiger partial charge on any atom is -0.457 e. The predicted molar refractivity (Wildman–Crippen MR) is 79.5 cm³/mol. The molecule has 0 aromatic carbocycles. The first kappa shape index (κ1) is 16.2. The number of carbonyl (C=O) groups excluding carboxylic acids is 3. The molecule has 3 aliphatic heterocycles. The molecule has 2 saturated heterocycles. The SMILES string of the molecule is CC1=C[C@]2(C[C@]3(C)CCC(=O)[C@@]2(C(=O)OC(C)(C)C)O3)OC1=O. The van der Waals surface area contributed by atoms with Crippen molar-refractivity contribution in [2.24, 2.45) is 0 Å². The molecular weight excluding hydrogens is 300 g/mol. The van der Waals surface area contributed by atoms with Gasteiger partial charge in [-0.05, 0) is 47.1 Å². The molecule has 0 saturated carbocycles. The summed E-state index contributed by atoms with van der Waals surface area (Å²) in [5.41, 5.74) is -4.42. The first-order valence-corrected chi connectivity index (χ1v) is 7.83. The van der Waals surface area contributed by atoms with Gasteiger partial charge in [0, 0.05) is 18.4 Å². The van der Waals surface area contributed by atoms with Gasteiger partial charge in [-0.15, -0.1) is 0 Å². The molecule has 1 spiro atoms. The van der Waals surface area contributed by atoms with Crippen LogP contribution in [0.3, 0.4) is 0 Å². The Morgan fingerprint density at radius 3 is 2.48 bits per heavy atom. The molecular formula is C17H22O6. The van der Waals surface area contributed by atoms with Gasteiger partial charge in [-0.2, -0.15) is 0 Å². The van der Waals surface area contributed by atoms with Gasteiger partial charge in [0.05, 0.1) is 5.60 Å². The summed E-state index contributed by atoms with van der Waals surface area (Å²) in [6.07, 6.45) is 2.52. The smallest absolute Gasteiger partial charge is 0.351 e. The third kappa shape index (κ3) is 2.15. The van der Waals surface area contributed by atoms with Crippen LogP contribution >= 0.6 is 0 Å². The normalized spacial score (nSPS) is 39.4. The molecule has 3 heterocycles. The first-order valence-electron chi connectivity index (χ1n) is 7.83. The summed E-state index contributed by atoms with van der Waals surface area (Å²) in [6.45, 7) is 8.60. The zero-order chi connectivity index (χ0) is 17.3. The van der Waals surface area contributed by atoms with Gasteiger partial charge in [0.15, 0.2) is 11.4 Å². The monoisotopic (exact) mass is 322 g/mol. The van der Waals surface area contributed by atoms with Gasteiger partial charge >= 0.3 is 11.9 Å². The molecule has 0 aromatic heterocycles. The standard InChI is InChI=1S/C17H22O6/c1-10-8-16(21-12(10)19)9-15(5)7-6-11(18)17(16,23-15)13(20)22-14(2,3)4/h8H,6-7,9H2,1-5H3/t15-,16+,17-/m0/s1. The maximum Gasteiger partial charge on any atom is 0.351 e. The van der Waals surface area contributed by atoms with Crippen molar-refractivity contribution in [2.45, 2.75) is 76.3 Å². The first-order chi connectivity index (χ1) is 10.4. The second-order valence-electron chi connectivity index (χ2n) is 7.94. The largest absolute Gasteiger partial charge is 0.457 e. The van der Waals surface area contributed by atoms with Crippen LogP contribution in [0.2, 0.25) is 0 Å². The minimum absolute atomic E-state index is 0.196. The lowest BCUT2D eigenvalue weighted by Crippen LogP contribution is -2.64. The highest BCUT2D eigenvalue weighted by Gasteiger charge is 2.76. The molecule has 0 amide bonds. The van der Waals surface area contributed by atoms with E-state index in [1.54, 1.807) is 33.8 Å². The Bertz CT molecular complexity index is 642. The highest BCUT2D eigenvalue weighted by Crippen LogP contribution is 2.57. The zero-order valence-electron chi connectivity index (χ0n) is 14.1. The molecule has 2 fully saturated rings. The van der Waals surface area contributed by atoms with Crippen molar-refractivity contribution in [1.29, 1.82) is 0 Å². The highest BCUT2D eigenvalue weighted by molar-refractivity contribution is 6.12. The van der Waals surface area contributed by atoms with Gasteiger partial charge < -0.3 is 14.2 Å². The number of carbonyl (C=O) groups is 3. The van der Waals surface area contributed by atoms with Crippen molar-refractivity contribution >= 4 is 17.7 Å². The van der Waals surface area contributed by atoms with Crippen LogP contribution in [0.5, 0.6) is 0 Å². The van der Waals surface area contributed by atoms with E-state index in [9.17, 15) is 14.4 Å². The molecule has 0 unspecified atom stereocenters. The molecule has 6 nitrogen and oxygen atoms in total. The number of hydrogen-bond donors (Lipinski definition) is 0. The number of hydrogen-bond acceptors (Lipinski definition) is 6. The summed E-state index contributed by atoms with van der Waals surface area (Å²) in [5.74, 6) is -1.70. The Kier molecular flexibility index (Phi) is 3.12. The maximum absolute atomic E-state index is 12.9. The van der Waals surface area contributed by atoms with Crippen molar-refractivity contribution in [3.8, 4) is 0 Å². The van der Waals surface area contributed by atoms with Crippen molar-refractivity contribution < 1.29 is 28.6 Å². The van der Waals surface area contributed by atoms with Crippen LogP contribution < -0.4 is 0 Å². The van der Waals surface area contributed by atoms with E-state index in [0.29, 0.717) is 12.0 Å². The second kappa shape index (κ2) is 4.44. The van der Waals surface area contributed by atoms with E-state index in [0.717, 1.165) is 0 Å². The summed E-state index contributed by atoms with van der Waals surface area (Å²) in [4.78, 5) is 37.7. The quantitative estimate of drug-likeness (QED) is 0.541. The summed E-state index contributed by atoms with van der Waals surface area (Å²) >= 11 is 0. The zero-order valence-corrected chi connectivity index (χ0v) is 14.1. The van der Waals surface area contributed by atoms with E-state index in [4.69, 9.17) is 14.2 Å². The summed E-state index contributed by atoms with van der Waals surface area (Å²) in [5, 5.41) is 0. The molecule has 3 rings (SSSR count). The number of ketones is 1. The number of ether oxygens (including phenoxy) is 3. The summed E-state index contributed by atoms with van der Waals surface area (Å²) in [7, 11) is 0. The van der Waals surface area contributed by atoms with Crippen LogP contribution in [0.1, 0.15) is 53.9 Å². The maximum atomic E-state index is 12.9. The molecule has 0 aliphatic carbocycles. The Morgan fingerprint density at radius 1 is 1.30 bits per heavy atom. The van der Waals surface area contributed by atoms with E-state index in [1.807, 2.05) is 6.92 Å². The molecule has 6 heteroatoms. The molecule has 0 aromatic rings. The Morgan fingerprint density at radius 2 is 1.96 bits per heavy atom. The van der Waals surface area contributed by atoms with Gasteiger partial charge in [-0.25, -0.2) is 9.59 Å². The van der Waals surface area contributed by atoms with E-state index in [2.05, 4.69) is 0 Å². The van der Waals surface area contributed by atoms with E-state index < -0.39 is 34.3 Å².